The van der Waals surface area contributed by atoms with Crippen LogP contribution in [0, 0.1) is 0 Å². The van der Waals surface area contributed by atoms with Crippen molar-refractivity contribution in [3.63, 3.8) is 0 Å². The van der Waals surface area contributed by atoms with Crippen LogP contribution in [0.1, 0.15) is 11.3 Å². The highest BCUT2D eigenvalue weighted by atomic mass is 32.2. The molecular weight excluding hydrogens is 352 g/mol. The number of nitrogens with one attached hydrogen (secondary N) is 3. The maximum atomic E-state index is 12.0. The fourth-order valence-electron chi connectivity index (χ4n) is 2.04. The number of amides is 2. The fourth-order valence-corrected chi connectivity index (χ4v) is 2.76. The Bertz CT molecular complexity index is 821. The molecule has 1 heterocycles. The molecule has 1 aromatic carbocycles. The van der Waals surface area contributed by atoms with Crippen LogP contribution in [0.25, 0.3) is 0 Å². The van der Waals surface area contributed by atoms with E-state index in [0.29, 0.717) is 23.9 Å². The van der Waals surface area contributed by atoms with Crippen LogP contribution in [0.2, 0.25) is 0 Å². The molecule has 0 bridgehead atoms. The van der Waals surface area contributed by atoms with Gasteiger partial charge in [0.25, 0.3) is 5.56 Å². The van der Waals surface area contributed by atoms with Crippen molar-refractivity contribution < 1.29 is 9.59 Å². The van der Waals surface area contributed by atoms with E-state index in [1.807, 2.05) is 30.3 Å². The predicted molar refractivity (Wildman–Crippen MR) is 101 cm³/mol. The van der Waals surface area contributed by atoms with Gasteiger partial charge in [-0.1, -0.05) is 48.2 Å². The van der Waals surface area contributed by atoms with Crippen molar-refractivity contribution in [2.24, 2.45) is 0 Å². The van der Waals surface area contributed by atoms with Crippen molar-refractivity contribution in [1.82, 2.24) is 20.6 Å². The summed E-state index contributed by atoms with van der Waals surface area (Å²) in [5, 5.41) is 5.73. The normalized spacial score (nSPS) is 10.2. The minimum atomic E-state index is -0.361. The molecule has 0 aliphatic heterocycles. The van der Waals surface area contributed by atoms with Gasteiger partial charge in [-0.25, -0.2) is 4.98 Å². The van der Waals surface area contributed by atoms with E-state index in [2.05, 4.69) is 27.2 Å². The second-order valence-electron chi connectivity index (χ2n) is 5.36. The number of carbonyl (C=O) groups is 2. The van der Waals surface area contributed by atoms with Crippen molar-refractivity contribution in [2.75, 3.05) is 12.3 Å². The van der Waals surface area contributed by atoms with Crippen LogP contribution in [0.4, 0.5) is 0 Å². The SMILES string of the molecule is C=CCNC(=O)CSc1nc(CC(=O)NCc2ccccc2)cc(=O)[nH]1. The molecule has 8 heteroatoms. The molecular formula is C18H20N4O3S. The van der Waals surface area contributed by atoms with E-state index in [1.54, 1.807) is 6.08 Å². The summed E-state index contributed by atoms with van der Waals surface area (Å²) in [6, 6.07) is 10.8. The summed E-state index contributed by atoms with van der Waals surface area (Å²) in [5.74, 6) is -0.310. The molecule has 1 aromatic heterocycles. The first kappa shape index (κ1) is 19.5. The first-order valence-corrected chi connectivity index (χ1v) is 8.96. The largest absolute Gasteiger partial charge is 0.352 e. The Morgan fingerprint density at radius 3 is 2.69 bits per heavy atom. The lowest BCUT2D eigenvalue weighted by Crippen LogP contribution is -2.26. The van der Waals surface area contributed by atoms with Crippen LogP contribution in [-0.4, -0.2) is 34.1 Å². The quantitative estimate of drug-likeness (QED) is 0.346. The van der Waals surface area contributed by atoms with Crippen LogP contribution in [-0.2, 0) is 22.6 Å². The summed E-state index contributed by atoms with van der Waals surface area (Å²) < 4.78 is 0. The first-order chi connectivity index (χ1) is 12.6. The average molecular weight is 372 g/mol. The zero-order chi connectivity index (χ0) is 18.8. The van der Waals surface area contributed by atoms with Crippen LogP contribution in [0.5, 0.6) is 0 Å². The van der Waals surface area contributed by atoms with E-state index in [-0.39, 0.29) is 29.5 Å². The number of hydrogen-bond acceptors (Lipinski definition) is 5. The highest BCUT2D eigenvalue weighted by Crippen LogP contribution is 2.11. The topological polar surface area (TPSA) is 104 Å². The van der Waals surface area contributed by atoms with Crippen molar-refractivity contribution in [2.45, 2.75) is 18.1 Å². The van der Waals surface area contributed by atoms with Gasteiger partial charge >= 0.3 is 0 Å². The molecule has 0 fully saturated rings. The monoisotopic (exact) mass is 372 g/mol. The number of H-pyrrole nitrogens is 1. The van der Waals surface area contributed by atoms with Crippen molar-refractivity contribution in [3.8, 4) is 0 Å². The number of carbonyl (C=O) groups excluding carboxylic acids is 2. The van der Waals surface area contributed by atoms with Gasteiger partial charge in [0, 0.05) is 19.2 Å². The lowest BCUT2D eigenvalue weighted by Gasteiger charge is -2.06. The van der Waals surface area contributed by atoms with E-state index in [9.17, 15) is 14.4 Å². The Hall–Kier alpha value is -2.87. The van der Waals surface area contributed by atoms with Gasteiger partial charge in [-0.2, -0.15) is 0 Å². The molecule has 0 atom stereocenters. The third-order valence-corrected chi connectivity index (χ3v) is 4.10. The fraction of sp³-hybridized carbons (Fsp3) is 0.222. The van der Waals surface area contributed by atoms with Gasteiger partial charge in [0.05, 0.1) is 17.9 Å². The molecule has 0 aliphatic rings. The smallest absolute Gasteiger partial charge is 0.251 e. The second kappa shape index (κ2) is 10.2. The van der Waals surface area contributed by atoms with Crippen LogP contribution in [0.3, 0.4) is 0 Å². The van der Waals surface area contributed by atoms with Crippen molar-refractivity contribution in [3.05, 3.63) is 70.7 Å². The van der Waals surface area contributed by atoms with E-state index in [4.69, 9.17) is 0 Å². The van der Waals surface area contributed by atoms with Crippen LogP contribution in [0.15, 0.2) is 59.0 Å². The number of thioether (sulfide) groups is 1. The zero-order valence-corrected chi connectivity index (χ0v) is 15.0. The highest BCUT2D eigenvalue weighted by Gasteiger charge is 2.09. The standard InChI is InChI=1S/C18H20N4O3S/c1-2-8-19-17(25)12-26-18-21-14(10-16(24)22-18)9-15(23)20-11-13-6-4-3-5-7-13/h2-7,10H,1,8-9,11-12H2,(H,19,25)(H,20,23)(H,21,22,24). The van der Waals surface area contributed by atoms with E-state index in [0.717, 1.165) is 17.3 Å². The molecule has 0 saturated heterocycles. The summed E-state index contributed by atoms with van der Waals surface area (Å²) in [5.41, 5.74) is 0.981. The van der Waals surface area contributed by atoms with Gasteiger partial charge in [0.2, 0.25) is 11.8 Å². The lowest BCUT2D eigenvalue weighted by atomic mass is 10.2. The molecule has 26 heavy (non-hydrogen) atoms. The number of hydrogen-bond donors (Lipinski definition) is 3. The summed E-state index contributed by atoms with van der Waals surface area (Å²) >= 11 is 1.10. The van der Waals surface area contributed by atoms with Gasteiger partial charge < -0.3 is 15.6 Å². The van der Waals surface area contributed by atoms with E-state index >= 15 is 0 Å². The van der Waals surface area contributed by atoms with Gasteiger partial charge in [-0.05, 0) is 5.56 Å². The molecule has 2 aromatic rings. The van der Waals surface area contributed by atoms with E-state index in [1.165, 1.54) is 6.07 Å². The molecule has 3 N–H and O–H groups in total. The zero-order valence-electron chi connectivity index (χ0n) is 14.2. The maximum Gasteiger partial charge on any atom is 0.251 e. The summed E-state index contributed by atoms with van der Waals surface area (Å²) in [6.07, 6.45) is 1.57. The van der Waals surface area contributed by atoms with Crippen LogP contribution >= 0.6 is 11.8 Å². The summed E-state index contributed by atoms with van der Waals surface area (Å²) in [7, 11) is 0. The maximum absolute atomic E-state index is 12.0. The Kier molecular flexibility index (Phi) is 7.63. The first-order valence-electron chi connectivity index (χ1n) is 7.98. The van der Waals surface area contributed by atoms with Gasteiger partial charge in [-0.15, -0.1) is 6.58 Å². The summed E-state index contributed by atoms with van der Waals surface area (Å²) in [4.78, 5) is 42.1. The number of aromatic amines is 1. The second-order valence-corrected chi connectivity index (χ2v) is 6.33. The third kappa shape index (κ3) is 6.94. The van der Waals surface area contributed by atoms with E-state index < -0.39 is 0 Å². The molecule has 7 nitrogen and oxygen atoms in total. The number of rotatable bonds is 9. The Morgan fingerprint density at radius 1 is 1.19 bits per heavy atom. The van der Waals surface area contributed by atoms with Gasteiger partial charge in [-0.3, -0.25) is 14.4 Å². The Labute approximate surface area is 155 Å². The third-order valence-electron chi connectivity index (χ3n) is 3.23. The highest BCUT2D eigenvalue weighted by molar-refractivity contribution is 7.99. The molecule has 0 saturated carbocycles. The molecule has 0 radical (unpaired) electrons. The lowest BCUT2D eigenvalue weighted by molar-refractivity contribution is -0.120. The van der Waals surface area contributed by atoms with Gasteiger partial charge in [0.1, 0.15) is 0 Å². The minimum Gasteiger partial charge on any atom is -0.352 e. The number of aromatic nitrogens is 2. The molecule has 0 spiro atoms. The Morgan fingerprint density at radius 2 is 1.96 bits per heavy atom. The number of nitrogens with zero attached hydrogens (tertiary/aromatic N) is 1. The minimum absolute atomic E-state index is 0.00697. The average Bonchev–Trinajstić information content (AvgIpc) is 2.63. The Balaban J connectivity index is 1.89. The molecule has 0 unspecified atom stereocenters. The van der Waals surface area contributed by atoms with Crippen LogP contribution < -0.4 is 16.2 Å². The van der Waals surface area contributed by atoms with Gasteiger partial charge in [0.15, 0.2) is 5.16 Å². The molecule has 136 valence electrons. The molecule has 2 amide bonds. The van der Waals surface area contributed by atoms with Crippen molar-refractivity contribution in [1.29, 1.82) is 0 Å². The molecule has 0 aliphatic carbocycles. The summed E-state index contributed by atoms with van der Waals surface area (Å²) in [6.45, 7) is 4.31. The molecule has 2 rings (SSSR count). The van der Waals surface area contributed by atoms with Crippen molar-refractivity contribution >= 4 is 23.6 Å². The number of benzene rings is 1. The predicted octanol–water partition coefficient (Wildman–Crippen LogP) is 1.02.